The summed E-state index contributed by atoms with van der Waals surface area (Å²) in [7, 11) is 0. The summed E-state index contributed by atoms with van der Waals surface area (Å²) in [6, 6.07) is 4.25. The van der Waals surface area contributed by atoms with Gasteiger partial charge in [0.15, 0.2) is 0 Å². The van der Waals surface area contributed by atoms with Gasteiger partial charge in [-0.25, -0.2) is 0 Å². The SMILES string of the molecule is Nc1ccc(C2CC2)n(C2CCCC2)c1=O. The summed E-state index contributed by atoms with van der Waals surface area (Å²) in [4.78, 5) is 12.1. The summed E-state index contributed by atoms with van der Waals surface area (Å²) in [6.07, 6.45) is 7.24. The third kappa shape index (κ3) is 1.55. The molecule has 3 heteroatoms. The van der Waals surface area contributed by atoms with Gasteiger partial charge in [0, 0.05) is 11.7 Å². The number of hydrogen-bond acceptors (Lipinski definition) is 2. The molecule has 0 aromatic carbocycles. The van der Waals surface area contributed by atoms with Gasteiger partial charge in [0.05, 0.1) is 5.69 Å². The average molecular weight is 218 g/mol. The Kier molecular flexibility index (Phi) is 2.27. The molecule has 0 radical (unpaired) electrons. The largest absolute Gasteiger partial charge is 0.394 e. The highest BCUT2D eigenvalue weighted by atomic mass is 16.1. The van der Waals surface area contributed by atoms with Gasteiger partial charge in [-0.2, -0.15) is 0 Å². The molecule has 2 aliphatic carbocycles. The molecule has 0 spiro atoms. The number of hydrogen-bond donors (Lipinski definition) is 1. The molecule has 2 aliphatic rings. The number of anilines is 1. The van der Waals surface area contributed by atoms with Gasteiger partial charge < -0.3 is 10.3 Å². The van der Waals surface area contributed by atoms with Crippen molar-refractivity contribution < 1.29 is 0 Å². The Balaban J connectivity index is 2.10. The standard InChI is InChI=1S/C13H18N2O/c14-11-7-8-12(9-5-6-9)15(13(11)16)10-3-1-2-4-10/h7-10H,1-6,14H2. The van der Waals surface area contributed by atoms with E-state index < -0.39 is 0 Å². The predicted molar refractivity (Wildman–Crippen MR) is 64.6 cm³/mol. The lowest BCUT2D eigenvalue weighted by atomic mass is 10.1. The van der Waals surface area contributed by atoms with Crippen molar-refractivity contribution in [3.63, 3.8) is 0 Å². The lowest BCUT2D eigenvalue weighted by Crippen LogP contribution is -2.28. The van der Waals surface area contributed by atoms with Gasteiger partial charge in [0.2, 0.25) is 0 Å². The molecule has 2 saturated carbocycles. The van der Waals surface area contributed by atoms with E-state index in [1.807, 2.05) is 4.57 Å². The van der Waals surface area contributed by atoms with Crippen LogP contribution in [0.4, 0.5) is 5.69 Å². The monoisotopic (exact) mass is 218 g/mol. The molecule has 0 saturated heterocycles. The highest BCUT2D eigenvalue weighted by Crippen LogP contribution is 2.42. The highest BCUT2D eigenvalue weighted by Gasteiger charge is 2.30. The lowest BCUT2D eigenvalue weighted by Gasteiger charge is -2.19. The maximum atomic E-state index is 12.1. The molecule has 0 unspecified atom stereocenters. The fourth-order valence-electron chi connectivity index (χ4n) is 2.83. The first-order chi connectivity index (χ1) is 7.77. The van der Waals surface area contributed by atoms with E-state index in [-0.39, 0.29) is 5.56 Å². The molecule has 1 aromatic rings. The van der Waals surface area contributed by atoms with Gasteiger partial charge in [-0.05, 0) is 43.7 Å². The number of nitrogens with two attached hydrogens (primary N) is 1. The minimum absolute atomic E-state index is 0.0382. The Morgan fingerprint density at radius 1 is 1.12 bits per heavy atom. The summed E-state index contributed by atoms with van der Waals surface area (Å²) in [5.74, 6) is 0.619. The van der Waals surface area contributed by atoms with Crippen molar-refractivity contribution in [2.24, 2.45) is 0 Å². The van der Waals surface area contributed by atoms with E-state index in [1.54, 1.807) is 6.07 Å². The van der Waals surface area contributed by atoms with Crippen LogP contribution in [0.1, 0.15) is 56.2 Å². The molecule has 86 valence electrons. The first-order valence-corrected chi connectivity index (χ1v) is 6.28. The van der Waals surface area contributed by atoms with Crippen LogP contribution < -0.4 is 11.3 Å². The molecule has 0 atom stereocenters. The van der Waals surface area contributed by atoms with Crippen LogP contribution in [-0.2, 0) is 0 Å². The first-order valence-electron chi connectivity index (χ1n) is 6.28. The zero-order valence-electron chi connectivity index (χ0n) is 9.48. The number of nitrogen functional groups attached to an aromatic ring is 1. The van der Waals surface area contributed by atoms with Crippen molar-refractivity contribution >= 4 is 5.69 Å². The predicted octanol–water partition coefficient (Wildman–Crippen LogP) is 2.42. The second-order valence-electron chi connectivity index (χ2n) is 5.10. The molecular weight excluding hydrogens is 200 g/mol. The fraction of sp³-hybridized carbons (Fsp3) is 0.615. The summed E-state index contributed by atoms with van der Waals surface area (Å²) >= 11 is 0. The molecule has 1 aromatic heterocycles. The van der Waals surface area contributed by atoms with Crippen molar-refractivity contribution in [3.8, 4) is 0 Å². The normalized spacial score (nSPS) is 21.5. The maximum absolute atomic E-state index is 12.1. The van der Waals surface area contributed by atoms with Gasteiger partial charge in [-0.15, -0.1) is 0 Å². The molecule has 0 bridgehead atoms. The molecule has 2 fully saturated rings. The van der Waals surface area contributed by atoms with E-state index in [4.69, 9.17) is 5.73 Å². The molecule has 3 rings (SSSR count). The quantitative estimate of drug-likeness (QED) is 0.828. The molecule has 2 N–H and O–H groups in total. The van der Waals surface area contributed by atoms with E-state index in [1.165, 1.54) is 31.4 Å². The van der Waals surface area contributed by atoms with Crippen LogP contribution in [0.25, 0.3) is 0 Å². The minimum atomic E-state index is 0.0382. The van der Waals surface area contributed by atoms with Crippen LogP contribution in [0.2, 0.25) is 0 Å². The van der Waals surface area contributed by atoms with E-state index in [2.05, 4.69) is 6.07 Å². The van der Waals surface area contributed by atoms with E-state index >= 15 is 0 Å². The Labute approximate surface area is 95.3 Å². The van der Waals surface area contributed by atoms with Gasteiger partial charge >= 0.3 is 0 Å². The molecule has 16 heavy (non-hydrogen) atoms. The van der Waals surface area contributed by atoms with Crippen molar-refractivity contribution in [2.75, 3.05) is 5.73 Å². The van der Waals surface area contributed by atoms with Crippen LogP contribution >= 0.6 is 0 Å². The molecule has 0 aliphatic heterocycles. The van der Waals surface area contributed by atoms with Crippen LogP contribution in [0.3, 0.4) is 0 Å². The number of pyridine rings is 1. The Hall–Kier alpha value is -1.25. The number of rotatable bonds is 2. The maximum Gasteiger partial charge on any atom is 0.274 e. The third-order valence-corrected chi connectivity index (χ3v) is 3.86. The zero-order valence-corrected chi connectivity index (χ0v) is 9.48. The van der Waals surface area contributed by atoms with Crippen LogP contribution in [-0.4, -0.2) is 4.57 Å². The smallest absolute Gasteiger partial charge is 0.274 e. The van der Waals surface area contributed by atoms with Crippen LogP contribution in [0.5, 0.6) is 0 Å². The van der Waals surface area contributed by atoms with E-state index in [0.717, 1.165) is 12.8 Å². The second kappa shape index (κ2) is 3.65. The minimum Gasteiger partial charge on any atom is -0.394 e. The van der Waals surface area contributed by atoms with Gasteiger partial charge in [0.1, 0.15) is 0 Å². The number of nitrogens with zero attached hydrogens (tertiary/aromatic N) is 1. The van der Waals surface area contributed by atoms with E-state index in [9.17, 15) is 4.79 Å². The molecule has 1 heterocycles. The summed E-state index contributed by atoms with van der Waals surface area (Å²) in [5, 5.41) is 0. The van der Waals surface area contributed by atoms with Gasteiger partial charge in [0.25, 0.3) is 5.56 Å². The molecule has 0 amide bonds. The number of aromatic nitrogens is 1. The van der Waals surface area contributed by atoms with Gasteiger partial charge in [-0.3, -0.25) is 4.79 Å². The van der Waals surface area contributed by atoms with Crippen molar-refractivity contribution in [1.29, 1.82) is 0 Å². The summed E-state index contributed by atoms with van der Waals surface area (Å²) < 4.78 is 2.00. The van der Waals surface area contributed by atoms with Crippen molar-refractivity contribution in [3.05, 3.63) is 28.2 Å². The van der Waals surface area contributed by atoms with Crippen LogP contribution in [0, 0.1) is 0 Å². The third-order valence-electron chi connectivity index (χ3n) is 3.86. The second-order valence-corrected chi connectivity index (χ2v) is 5.10. The Morgan fingerprint density at radius 2 is 1.81 bits per heavy atom. The van der Waals surface area contributed by atoms with Crippen molar-refractivity contribution in [2.45, 2.75) is 50.5 Å². The topological polar surface area (TPSA) is 48.0 Å². The Bertz CT molecular complexity index is 453. The van der Waals surface area contributed by atoms with Crippen LogP contribution in [0.15, 0.2) is 16.9 Å². The molecular formula is C13H18N2O. The van der Waals surface area contributed by atoms with Gasteiger partial charge in [-0.1, -0.05) is 12.8 Å². The first kappa shape index (κ1) is 9.94. The zero-order chi connectivity index (χ0) is 11.1. The fourth-order valence-corrected chi connectivity index (χ4v) is 2.83. The average Bonchev–Trinajstić information content (AvgIpc) is 2.98. The summed E-state index contributed by atoms with van der Waals surface area (Å²) in [6.45, 7) is 0. The summed E-state index contributed by atoms with van der Waals surface area (Å²) in [5.41, 5.74) is 7.41. The lowest BCUT2D eigenvalue weighted by molar-refractivity contribution is 0.484. The Morgan fingerprint density at radius 3 is 2.44 bits per heavy atom. The van der Waals surface area contributed by atoms with Crippen molar-refractivity contribution in [1.82, 2.24) is 4.57 Å². The highest BCUT2D eigenvalue weighted by molar-refractivity contribution is 5.37. The van der Waals surface area contributed by atoms with E-state index in [0.29, 0.717) is 17.6 Å². The molecule has 3 nitrogen and oxygen atoms in total.